The molecule has 2 fully saturated rings. The van der Waals surface area contributed by atoms with Gasteiger partial charge >= 0.3 is 12.1 Å². The number of esters is 1. The maximum absolute atomic E-state index is 12.1. The first-order valence-electron chi connectivity index (χ1n) is 8.57. The van der Waals surface area contributed by atoms with Crippen molar-refractivity contribution in [1.29, 1.82) is 5.26 Å². The highest BCUT2D eigenvalue weighted by molar-refractivity contribution is 5.89. The van der Waals surface area contributed by atoms with Gasteiger partial charge in [-0.3, -0.25) is 9.80 Å². The fourth-order valence-electron chi connectivity index (χ4n) is 3.00. The van der Waals surface area contributed by atoms with Crippen LogP contribution in [0.25, 0.3) is 0 Å². The minimum absolute atomic E-state index is 0.00569. The molecule has 0 bridgehead atoms. The largest absolute Gasteiger partial charge is 0.464 e. The molecule has 8 nitrogen and oxygen atoms in total. The second-order valence-electron chi connectivity index (χ2n) is 6.23. The molecular weight excluding hydrogens is 338 g/mol. The number of ether oxygens (including phenoxy) is 3. The van der Waals surface area contributed by atoms with Gasteiger partial charge < -0.3 is 14.2 Å². The number of hydrogen-bond acceptors (Lipinski definition) is 7. The van der Waals surface area contributed by atoms with Crippen molar-refractivity contribution in [2.45, 2.75) is 19.1 Å². The molecule has 0 saturated carbocycles. The quantitative estimate of drug-likeness (QED) is 0.674. The zero-order valence-corrected chi connectivity index (χ0v) is 14.6. The fourth-order valence-corrected chi connectivity index (χ4v) is 3.00. The number of carbonyl (C=O) groups excluding carboxylic acids is 2. The summed E-state index contributed by atoms with van der Waals surface area (Å²) in [4.78, 5) is 27.0. The number of nitrogens with zero attached hydrogens (tertiary/aromatic N) is 3. The molecule has 0 radical (unpaired) electrons. The number of hydrogen-bond donors (Lipinski definition) is 0. The summed E-state index contributed by atoms with van der Waals surface area (Å²) < 4.78 is 15.7. The molecule has 0 aromatic heterocycles. The van der Waals surface area contributed by atoms with Gasteiger partial charge in [-0.05, 0) is 31.2 Å². The summed E-state index contributed by atoms with van der Waals surface area (Å²) in [7, 11) is 0. The van der Waals surface area contributed by atoms with E-state index >= 15 is 0 Å². The number of likely N-dealkylation sites (tertiary alicyclic amines) is 1. The van der Waals surface area contributed by atoms with E-state index in [1.54, 1.807) is 36.1 Å². The smallest absolute Gasteiger partial charge is 0.414 e. The Morgan fingerprint density at radius 2 is 2.04 bits per heavy atom. The maximum atomic E-state index is 12.1. The number of cyclic esters (lactones) is 1. The summed E-state index contributed by atoms with van der Waals surface area (Å²) in [5.41, 5.74) is 1.27. The summed E-state index contributed by atoms with van der Waals surface area (Å²) in [6.07, 6.45) is -0.592. The van der Waals surface area contributed by atoms with Crippen molar-refractivity contribution >= 4 is 17.7 Å². The van der Waals surface area contributed by atoms with Crippen LogP contribution in [0.2, 0.25) is 0 Å². The summed E-state index contributed by atoms with van der Waals surface area (Å²) in [5, 5.41) is 8.84. The average molecular weight is 359 g/mol. The molecule has 0 spiro atoms. The Hall–Kier alpha value is -2.63. The Labute approximate surface area is 151 Å². The van der Waals surface area contributed by atoms with E-state index in [0.717, 1.165) is 5.69 Å². The third kappa shape index (κ3) is 4.31. The topological polar surface area (TPSA) is 92.1 Å². The van der Waals surface area contributed by atoms with E-state index in [-0.39, 0.29) is 30.9 Å². The Balaban J connectivity index is 1.41. The summed E-state index contributed by atoms with van der Waals surface area (Å²) in [6, 6.07) is 8.89. The Bertz CT molecular complexity index is 694. The second-order valence-corrected chi connectivity index (χ2v) is 6.23. The van der Waals surface area contributed by atoms with E-state index in [1.807, 2.05) is 0 Å². The zero-order chi connectivity index (χ0) is 18.5. The van der Waals surface area contributed by atoms with Crippen molar-refractivity contribution in [1.82, 2.24) is 4.90 Å². The van der Waals surface area contributed by atoms with E-state index in [9.17, 15) is 9.59 Å². The molecular formula is C18H21N3O5. The molecule has 1 atom stereocenters. The van der Waals surface area contributed by atoms with E-state index in [0.29, 0.717) is 38.3 Å². The lowest BCUT2D eigenvalue weighted by atomic mass is 10.1. The van der Waals surface area contributed by atoms with Crippen molar-refractivity contribution in [3.05, 3.63) is 29.8 Å². The number of nitriles is 1. The normalized spacial score (nSPS) is 20.4. The summed E-state index contributed by atoms with van der Waals surface area (Å²) in [6.45, 7) is 4.56. The number of rotatable bonds is 7. The molecule has 0 aliphatic carbocycles. The second kappa shape index (κ2) is 8.17. The number of carbonyl (C=O) groups is 2. The SMILES string of the molecule is CCOC(=O)COC1CN(CC2CN(c3ccc(C#N)cc3)C(=O)O2)C1. The predicted octanol–water partition coefficient (Wildman–Crippen LogP) is 1.15. The van der Waals surface area contributed by atoms with Crippen molar-refractivity contribution in [2.24, 2.45) is 0 Å². The first-order chi connectivity index (χ1) is 12.6. The van der Waals surface area contributed by atoms with Gasteiger partial charge in [-0.15, -0.1) is 0 Å². The van der Waals surface area contributed by atoms with Crippen LogP contribution >= 0.6 is 0 Å². The van der Waals surface area contributed by atoms with Gasteiger partial charge in [0, 0.05) is 25.3 Å². The van der Waals surface area contributed by atoms with Gasteiger partial charge in [0.05, 0.1) is 30.9 Å². The van der Waals surface area contributed by atoms with E-state index in [1.165, 1.54) is 0 Å². The van der Waals surface area contributed by atoms with Gasteiger partial charge in [0.1, 0.15) is 12.7 Å². The van der Waals surface area contributed by atoms with E-state index in [2.05, 4.69) is 11.0 Å². The summed E-state index contributed by atoms with van der Waals surface area (Å²) >= 11 is 0. The zero-order valence-electron chi connectivity index (χ0n) is 14.6. The molecule has 2 heterocycles. The molecule has 0 N–H and O–H groups in total. The van der Waals surface area contributed by atoms with Crippen molar-refractivity contribution in [3.63, 3.8) is 0 Å². The number of benzene rings is 1. The fraction of sp³-hybridized carbons (Fsp3) is 0.500. The molecule has 1 amide bonds. The molecule has 2 aliphatic heterocycles. The van der Waals surface area contributed by atoms with Crippen molar-refractivity contribution in [3.8, 4) is 6.07 Å². The molecule has 138 valence electrons. The number of amides is 1. The minimum atomic E-state index is -0.379. The van der Waals surface area contributed by atoms with Crippen LogP contribution in [0.15, 0.2) is 24.3 Å². The maximum Gasteiger partial charge on any atom is 0.414 e. The molecule has 3 rings (SSSR count). The molecule has 1 aromatic rings. The lowest BCUT2D eigenvalue weighted by Gasteiger charge is -2.39. The Morgan fingerprint density at radius 1 is 1.31 bits per heavy atom. The van der Waals surface area contributed by atoms with Crippen LogP contribution in [0.3, 0.4) is 0 Å². The highest BCUT2D eigenvalue weighted by Crippen LogP contribution is 2.23. The molecule has 2 saturated heterocycles. The molecule has 1 aromatic carbocycles. The van der Waals surface area contributed by atoms with E-state index < -0.39 is 0 Å². The third-order valence-corrected chi connectivity index (χ3v) is 4.31. The van der Waals surface area contributed by atoms with Gasteiger partial charge in [-0.1, -0.05) is 0 Å². The predicted molar refractivity (Wildman–Crippen MR) is 91.6 cm³/mol. The first kappa shape index (κ1) is 18.2. The van der Waals surface area contributed by atoms with Gasteiger partial charge in [-0.25, -0.2) is 9.59 Å². The Morgan fingerprint density at radius 3 is 2.69 bits per heavy atom. The first-order valence-corrected chi connectivity index (χ1v) is 8.57. The standard InChI is InChI=1S/C18H21N3O5/c1-2-24-17(22)12-25-15-8-20(9-15)10-16-11-21(18(23)26-16)14-5-3-13(7-19)4-6-14/h3-6,15-16H,2,8-12H2,1H3. The van der Waals surface area contributed by atoms with Gasteiger partial charge in [0.25, 0.3) is 0 Å². The van der Waals surface area contributed by atoms with Gasteiger partial charge in [0.15, 0.2) is 0 Å². The van der Waals surface area contributed by atoms with Gasteiger partial charge in [-0.2, -0.15) is 5.26 Å². The van der Waals surface area contributed by atoms with Crippen LogP contribution in [0.1, 0.15) is 12.5 Å². The van der Waals surface area contributed by atoms with Crippen LogP contribution in [0.5, 0.6) is 0 Å². The van der Waals surface area contributed by atoms with Gasteiger partial charge in [0.2, 0.25) is 0 Å². The van der Waals surface area contributed by atoms with Crippen molar-refractivity contribution < 1.29 is 23.8 Å². The minimum Gasteiger partial charge on any atom is -0.464 e. The van der Waals surface area contributed by atoms with Crippen LogP contribution in [-0.4, -0.2) is 68.6 Å². The van der Waals surface area contributed by atoms with E-state index in [4.69, 9.17) is 19.5 Å². The Kier molecular flexibility index (Phi) is 5.71. The number of anilines is 1. The third-order valence-electron chi connectivity index (χ3n) is 4.31. The monoisotopic (exact) mass is 359 g/mol. The molecule has 26 heavy (non-hydrogen) atoms. The summed E-state index contributed by atoms with van der Waals surface area (Å²) in [5.74, 6) is -0.353. The van der Waals surface area contributed by atoms with Crippen LogP contribution in [0, 0.1) is 11.3 Å². The average Bonchev–Trinajstić information content (AvgIpc) is 2.97. The highest BCUT2D eigenvalue weighted by Gasteiger charge is 2.37. The van der Waals surface area contributed by atoms with Crippen LogP contribution in [0.4, 0.5) is 10.5 Å². The molecule has 8 heteroatoms. The van der Waals surface area contributed by atoms with Crippen molar-refractivity contribution in [2.75, 3.05) is 44.3 Å². The van der Waals surface area contributed by atoms with Crippen LogP contribution < -0.4 is 4.90 Å². The molecule has 1 unspecified atom stereocenters. The van der Waals surface area contributed by atoms with Crippen LogP contribution in [-0.2, 0) is 19.0 Å². The lowest BCUT2D eigenvalue weighted by Crippen LogP contribution is -2.55. The highest BCUT2D eigenvalue weighted by atomic mass is 16.6. The molecule has 2 aliphatic rings. The lowest BCUT2D eigenvalue weighted by molar-refractivity contribution is -0.155.